The summed E-state index contributed by atoms with van der Waals surface area (Å²) in [6.45, 7) is 4.13. The second kappa shape index (κ2) is 5.95. The highest BCUT2D eigenvalue weighted by atomic mass is 16.5. The molecule has 1 aromatic carbocycles. The zero-order chi connectivity index (χ0) is 12.0. The lowest BCUT2D eigenvalue weighted by Crippen LogP contribution is -1.99. The topological polar surface area (TPSA) is 35.5 Å². The van der Waals surface area contributed by atoms with Gasteiger partial charge in [-0.05, 0) is 31.6 Å². The lowest BCUT2D eigenvalue weighted by Gasteiger charge is -2.07. The number of rotatable bonds is 4. The largest absolute Gasteiger partial charge is 0.496 e. The van der Waals surface area contributed by atoms with Crippen molar-refractivity contribution in [3.05, 3.63) is 35.4 Å². The molecule has 0 aromatic heterocycles. The van der Waals surface area contributed by atoms with Crippen LogP contribution >= 0.6 is 0 Å². The van der Waals surface area contributed by atoms with Crippen LogP contribution in [0, 0.1) is 6.92 Å². The van der Waals surface area contributed by atoms with Crippen molar-refractivity contribution in [1.29, 1.82) is 0 Å². The fraction of sp³-hybridized carbons (Fsp3) is 0.308. The summed E-state index contributed by atoms with van der Waals surface area (Å²) >= 11 is 0. The molecule has 0 atom stereocenters. The monoisotopic (exact) mass is 220 g/mol. The van der Waals surface area contributed by atoms with Crippen LogP contribution in [0.1, 0.15) is 18.1 Å². The van der Waals surface area contributed by atoms with E-state index in [0.29, 0.717) is 6.61 Å². The number of benzene rings is 1. The summed E-state index contributed by atoms with van der Waals surface area (Å²) in [6, 6.07) is 5.74. The molecule has 86 valence electrons. The van der Waals surface area contributed by atoms with Crippen molar-refractivity contribution in [1.82, 2.24) is 0 Å². The van der Waals surface area contributed by atoms with Crippen molar-refractivity contribution >= 4 is 12.0 Å². The van der Waals surface area contributed by atoms with Gasteiger partial charge in [0.1, 0.15) is 5.75 Å². The van der Waals surface area contributed by atoms with Crippen LogP contribution in [0.5, 0.6) is 5.75 Å². The molecular weight excluding hydrogens is 204 g/mol. The molecule has 3 heteroatoms. The Balaban J connectivity index is 2.91. The Bertz CT molecular complexity index is 394. The fourth-order valence-corrected chi connectivity index (χ4v) is 1.39. The first kappa shape index (κ1) is 12.3. The Labute approximate surface area is 95.7 Å². The van der Waals surface area contributed by atoms with Crippen molar-refractivity contribution < 1.29 is 14.3 Å². The highest BCUT2D eigenvalue weighted by Gasteiger charge is 2.03. The quantitative estimate of drug-likeness (QED) is 0.578. The fourth-order valence-electron chi connectivity index (χ4n) is 1.39. The molecule has 0 N–H and O–H groups in total. The van der Waals surface area contributed by atoms with Gasteiger partial charge in [-0.1, -0.05) is 12.1 Å². The Kier molecular flexibility index (Phi) is 4.58. The number of aryl methyl sites for hydroxylation is 1. The molecule has 0 heterocycles. The van der Waals surface area contributed by atoms with E-state index in [9.17, 15) is 4.79 Å². The van der Waals surface area contributed by atoms with Crippen LogP contribution in [0.4, 0.5) is 0 Å². The third kappa shape index (κ3) is 3.12. The van der Waals surface area contributed by atoms with Gasteiger partial charge >= 0.3 is 5.97 Å². The van der Waals surface area contributed by atoms with Crippen LogP contribution in [0.25, 0.3) is 6.08 Å². The van der Waals surface area contributed by atoms with E-state index in [1.54, 1.807) is 20.1 Å². The predicted molar refractivity (Wildman–Crippen MR) is 63.4 cm³/mol. The van der Waals surface area contributed by atoms with E-state index in [4.69, 9.17) is 9.47 Å². The lowest BCUT2D eigenvalue weighted by atomic mass is 10.1. The first-order chi connectivity index (χ1) is 7.69. The molecule has 0 aliphatic heterocycles. The van der Waals surface area contributed by atoms with Gasteiger partial charge in [0.2, 0.25) is 0 Å². The van der Waals surface area contributed by atoms with Gasteiger partial charge in [-0.15, -0.1) is 0 Å². The third-order valence-electron chi connectivity index (χ3n) is 2.18. The van der Waals surface area contributed by atoms with Gasteiger partial charge in [0.25, 0.3) is 0 Å². The van der Waals surface area contributed by atoms with E-state index >= 15 is 0 Å². The molecule has 16 heavy (non-hydrogen) atoms. The zero-order valence-corrected chi connectivity index (χ0v) is 9.82. The van der Waals surface area contributed by atoms with E-state index in [-0.39, 0.29) is 5.97 Å². The molecule has 0 radical (unpaired) electrons. The van der Waals surface area contributed by atoms with Gasteiger partial charge in [0, 0.05) is 11.6 Å². The molecule has 1 aromatic rings. The van der Waals surface area contributed by atoms with Gasteiger partial charge in [-0.2, -0.15) is 0 Å². The standard InChI is InChI=1S/C13H16O3/c1-4-16-13(14)9-8-11-10(2)6-5-7-12(11)15-3/h5-9H,4H2,1-3H3/b9-8+. The Morgan fingerprint density at radius 1 is 1.44 bits per heavy atom. The SMILES string of the molecule is CCOC(=O)/C=C/c1c(C)cccc1OC. The summed E-state index contributed by atoms with van der Waals surface area (Å²) in [6.07, 6.45) is 3.13. The summed E-state index contributed by atoms with van der Waals surface area (Å²) in [5.41, 5.74) is 1.96. The average molecular weight is 220 g/mol. The number of esters is 1. The summed E-state index contributed by atoms with van der Waals surface area (Å²) in [5.74, 6) is 0.411. The summed E-state index contributed by atoms with van der Waals surface area (Å²) in [4.78, 5) is 11.2. The molecule has 0 saturated carbocycles. The first-order valence-electron chi connectivity index (χ1n) is 5.17. The van der Waals surface area contributed by atoms with Crippen molar-refractivity contribution in [3.8, 4) is 5.75 Å². The van der Waals surface area contributed by atoms with Crippen LogP contribution in [0.15, 0.2) is 24.3 Å². The van der Waals surface area contributed by atoms with Gasteiger partial charge in [-0.25, -0.2) is 4.79 Å². The summed E-state index contributed by atoms with van der Waals surface area (Å²) in [7, 11) is 1.61. The molecule has 0 aliphatic carbocycles. The van der Waals surface area contributed by atoms with Gasteiger partial charge in [0.05, 0.1) is 13.7 Å². The average Bonchev–Trinajstić information content (AvgIpc) is 2.27. The van der Waals surface area contributed by atoms with E-state index in [2.05, 4.69) is 0 Å². The molecule has 0 aliphatic rings. The van der Waals surface area contributed by atoms with Crippen LogP contribution in [0.3, 0.4) is 0 Å². The van der Waals surface area contributed by atoms with Crippen molar-refractivity contribution in [2.75, 3.05) is 13.7 Å². The minimum Gasteiger partial charge on any atom is -0.496 e. The van der Waals surface area contributed by atoms with E-state index in [0.717, 1.165) is 16.9 Å². The molecular formula is C13H16O3. The van der Waals surface area contributed by atoms with Crippen molar-refractivity contribution in [3.63, 3.8) is 0 Å². The number of carbonyl (C=O) groups excluding carboxylic acids is 1. The summed E-state index contributed by atoms with van der Waals surface area (Å²) < 4.78 is 10.0. The maximum Gasteiger partial charge on any atom is 0.330 e. The smallest absolute Gasteiger partial charge is 0.330 e. The first-order valence-corrected chi connectivity index (χ1v) is 5.17. The van der Waals surface area contributed by atoms with E-state index in [1.165, 1.54) is 6.08 Å². The molecule has 0 spiro atoms. The molecule has 0 saturated heterocycles. The Hall–Kier alpha value is -1.77. The second-order valence-electron chi connectivity index (χ2n) is 3.28. The molecule has 0 unspecified atom stereocenters. The molecule has 3 nitrogen and oxygen atoms in total. The minimum absolute atomic E-state index is 0.340. The second-order valence-corrected chi connectivity index (χ2v) is 3.28. The summed E-state index contributed by atoms with van der Waals surface area (Å²) in [5, 5.41) is 0. The highest BCUT2D eigenvalue weighted by molar-refractivity contribution is 5.87. The van der Waals surface area contributed by atoms with Crippen LogP contribution in [-0.2, 0) is 9.53 Å². The van der Waals surface area contributed by atoms with Crippen LogP contribution in [-0.4, -0.2) is 19.7 Å². The molecule has 1 rings (SSSR count). The normalized spacial score (nSPS) is 10.4. The number of ether oxygens (including phenoxy) is 2. The van der Waals surface area contributed by atoms with Gasteiger partial charge in [0.15, 0.2) is 0 Å². The number of hydrogen-bond acceptors (Lipinski definition) is 3. The third-order valence-corrected chi connectivity index (χ3v) is 2.18. The van der Waals surface area contributed by atoms with Gasteiger partial charge in [-0.3, -0.25) is 0 Å². The highest BCUT2D eigenvalue weighted by Crippen LogP contribution is 2.22. The number of carbonyl (C=O) groups is 1. The molecule has 0 fully saturated rings. The zero-order valence-electron chi connectivity index (χ0n) is 9.82. The van der Waals surface area contributed by atoms with Crippen molar-refractivity contribution in [2.24, 2.45) is 0 Å². The van der Waals surface area contributed by atoms with E-state index < -0.39 is 0 Å². The predicted octanol–water partition coefficient (Wildman–Crippen LogP) is 2.58. The maximum absolute atomic E-state index is 11.2. The maximum atomic E-state index is 11.2. The van der Waals surface area contributed by atoms with Crippen LogP contribution in [0.2, 0.25) is 0 Å². The minimum atomic E-state index is -0.340. The Morgan fingerprint density at radius 2 is 2.19 bits per heavy atom. The van der Waals surface area contributed by atoms with Gasteiger partial charge < -0.3 is 9.47 Å². The molecule has 0 bridgehead atoms. The number of hydrogen-bond donors (Lipinski definition) is 0. The van der Waals surface area contributed by atoms with Crippen LogP contribution < -0.4 is 4.74 Å². The van der Waals surface area contributed by atoms with E-state index in [1.807, 2.05) is 25.1 Å². The Morgan fingerprint density at radius 3 is 2.81 bits per heavy atom. The molecule has 0 amide bonds. The lowest BCUT2D eigenvalue weighted by molar-refractivity contribution is -0.137. The van der Waals surface area contributed by atoms with Crippen molar-refractivity contribution in [2.45, 2.75) is 13.8 Å². The number of methoxy groups -OCH3 is 1.